The predicted octanol–water partition coefficient (Wildman–Crippen LogP) is 3.34. The molecule has 0 saturated carbocycles. The van der Waals surface area contributed by atoms with E-state index in [1.54, 1.807) is 24.3 Å². The third-order valence-corrected chi connectivity index (χ3v) is 1.49. The van der Waals surface area contributed by atoms with E-state index < -0.39 is 5.97 Å². The molecule has 16 heavy (non-hydrogen) atoms. The molecule has 0 atom stereocenters. The first-order valence-electron chi connectivity index (χ1n) is 5.42. The Kier molecular flexibility index (Phi) is 12.0. The maximum Gasteiger partial charge on any atom is 0.338 e. The lowest BCUT2D eigenvalue weighted by Gasteiger charge is -2.00. The number of carbonyl (C=O) groups excluding carboxylic acids is 2. The van der Waals surface area contributed by atoms with Gasteiger partial charge in [0.25, 0.3) is 0 Å². The zero-order valence-electron chi connectivity index (χ0n) is 10.6. The lowest BCUT2D eigenvalue weighted by molar-refractivity contribution is 0.0598. The van der Waals surface area contributed by atoms with Crippen LogP contribution in [0.5, 0.6) is 0 Å². The van der Waals surface area contributed by atoms with Crippen molar-refractivity contribution < 1.29 is 14.3 Å². The van der Waals surface area contributed by atoms with Crippen molar-refractivity contribution in [2.24, 2.45) is 0 Å². The lowest BCUT2D eigenvalue weighted by Crippen LogP contribution is -2.04. The minimum absolute atomic E-state index is 0.301. The molecule has 0 aromatic heterocycles. The zero-order valence-corrected chi connectivity index (χ0v) is 10.6. The molecule has 0 fully saturated rings. The Labute approximate surface area is 97.4 Å². The Morgan fingerprint density at radius 2 is 1.62 bits per heavy atom. The number of benzene rings is 1. The molecule has 3 heteroatoms. The summed E-state index contributed by atoms with van der Waals surface area (Å²) >= 11 is 0. The van der Waals surface area contributed by atoms with E-state index in [1.807, 2.05) is 27.7 Å². The Bertz CT molecular complexity index is 306. The number of ether oxygens (including phenoxy) is 1. The van der Waals surface area contributed by atoms with Crippen LogP contribution in [0.3, 0.4) is 0 Å². The topological polar surface area (TPSA) is 43.4 Å². The zero-order chi connectivity index (χ0) is 13.0. The van der Waals surface area contributed by atoms with Gasteiger partial charge in [0.1, 0.15) is 0 Å². The average molecular weight is 224 g/mol. The molecule has 0 bridgehead atoms. The number of hydrogen-bond donors (Lipinski definition) is 0. The summed E-state index contributed by atoms with van der Waals surface area (Å²) in [5.41, 5.74) is 0.652. The molecule has 0 radical (unpaired) electrons. The maximum absolute atomic E-state index is 11.0. The molecular weight excluding hydrogens is 204 g/mol. The van der Waals surface area contributed by atoms with Crippen molar-refractivity contribution >= 4 is 12.3 Å². The molecular formula is C13H20O3. The normalized spacial score (nSPS) is 7.56. The maximum atomic E-state index is 11.0. The molecule has 0 aliphatic rings. The van der Waals surface area contributed by atoms with Crippen LogP contribution in [0.2, 0.25) is 0 Å². The number of carbonyl (C=O) groups is 2. The molecule has 0 N–H and O–H groups in total. The number of hydrogen-bond acceptors (Lipinski definition) is 3. The second-order valence-electron chi connectivity index (χ2n) is 2.20. The Balaban J connectivity index is 0. The van der Waals surface area contributed by atoms with Gasteiger partial charge in [0.2, 0.25) is 0 Å². The van der Waals surface area contributed by atoms with E-state index in [-0.39, 0.29) is 0 Å². The molecule has 0 aliphatic carbocycles. The first-order chi connectivity index (χ1) is 7.79. The third kappa shape index (κ3) is 5.29. The Morgan fingerprint density at radius 1 is 1.12 bits per heavy atom. The van der Waals surface area contributed by atoms with Gasteiger partial charge in [-0.3, -0.25) is 4.79 Å². The average Bonchev–Trinajstić information content (AvgIpc) is 2.42. The number of methoxy groups -OCH3 is 1. The summed E-state index contributed by atoms with van der Waals surface area (Å²) in [7, 11) is 1.28. The summed E-state index contributed by atoms with van der Waals surface area (Å²) in [5, 5.41) is 0. The number of esters is 1. The van der Waals surface area contributed by atoms with E-state index in [1.165, 1.54) is 7.11 Å². The van der Waals surface area contributed by atoms with Gasteiger partial charge >= 0.3 is 5.97 Å². The van der Waals surface area contributed by atoms with Crippen molar-refractivity contribution in [3.63, 3.8) is 0 Å². The van der Waals surface area contributed by atoms with Crippen LogP contribution in [-0.4, -0.2) is 19.4 Å². The second kappa shape index (κ2) is 11.4. The van der Waals surface area contributed by atoms with Crippen LogP contribution in [0, 0.1) is 0 Å². The molecule has 1 aromatic carbocycles. The van der Waals surface area contributed by atoms with Crippen molar-refractivity contribution in [2.45, 2.75) is 27.7 Å². The standard InChI is InChI=1S/C9H8O3.2C2H6/c1-12-9(11)8-5-3-2-4-7(8)6-10;2*1-2/h2-6H,1H3;2*1-2H3. The molecule has 0 amide bonds. The minimum atomic E-state index is -0.488. The van der Waals surface area contributed by atoms with Gasteiger partial charge in [-0.2, -0.15) is 0 Å². The van der Waals surface area contributed by atoms with Gasteiger partial charge in [-0.25, -0.2) is 4.79 Å². The van der Waals surface area contributed by atoms with E-state index in [0.717, 1.165) is 0 Å². The van der Waals surface area contributed by atoms with E-state index in [2.05, 4.69) is 4.74 Å². The highest BCUT2D eigenvalue weighted by Crippen LogP contribution is 2.06. The summed E-state index contributed by atoms with van der Waals surface area (Å²) in [4.78, 5) is 21.5. The predicted molar refractivity (Wildman–Crippen MR) is 65.9 cm³/mol. The fraction of sp³-hybridized carbons (Fsp3) is 0.385. The van der Waals surface area contributed by atoms with Crippen LogP contribution < -0.4 is 0 Å². The van der Waals surface area contributed by atoms with E-state index in [4.69, 9.17) is 0 Å². The first-order valence-corrected chi connectivity index (χ1v) is 5.42. The smallest absolute Gasteiger partial charge is 0.338 e. The molecule has 90 valence electrons. The summed E-state index contributed by atoms with van der Waals surface area (Å²) in [6.07, 6.45) is 0.631. The summed E-state index contributed by atoms with van der Waals surface area (Å²) in [5.74, 6) is -0.488. The van der Waals surface area contributed by atoms with Gasteiger partial charge in [0.15, 0.2) is 6.29 Å². The van der Waals surface area contributed by atoms with Gasteiger partial charge in [0.05, 0.1) is 12.7 Å². The Hall–Kier alpha value is -1.64. The summed E-state index contributed by atoms with van der Waals surface area (Å²) in [6.45, 7) is 8.00. The molecule has 0 aliphatic heterocycles. The lowest BCUT2D eigenvalue weighted by atomic mass is 10.1. The fourth-order valence-electron chi connectivity index (χ4n) is 0.896. The largest absolute Gasteiger partial charge is 0.465 e. The van der Waals surface area contributed by atoms with Crippen LogP contribution in [0.1, 0.15) is 48.4 Å². The monoisotopic (exact) mass is 224 g/mol. The highest BCUT2D eigenvalue weighted by atomic mass is 16.5. The molecule has 1 aromatic rings. The van der Waals surface area contributed by atoms with Crippen molar-refractivity contribution in [1.29, 1.82) is 0 Å². The second-order valence-corrected chi connectivity index (χ2v) is 2.20. The third-order valence-electron chi connectivity index (χ3n) is 1.49. The van der Waals surface area contributed by atoms with Gasteiger partial charge in [-0.1, -0.05) is 45.9 Å². The van der Waals surface area contributed by atoms with Gasteiger partial charge in [-0.05, 0) is 6.07 Å². The highest BCUT2D eigenvalue weighted by molar-refractivity contribution is 5.98. The molecule has 1 rings (SSSR count). The van der Waals surface area contributed by atoms with E-state index >= 15 is 0 Å². The van der Waals surface area contributed by atoms with E-state index in [0.29, 0.717) is 17.4 Å². The SMILES string of the molecule is CC.CC.COC(=O)c1ccccc1C=O. The molecule has 0 spiro atoms. The molecule has 0 saturated heterocycles. The Morgan fingerprint density at radius 3 is 2.06 bits per heavy atom. The molecule has 0 unspecified atom stereocenters. The summed E-state index contributed by atoms with van der Waals surface area (Å²) < 4.78 is 4.48. The van der Waals surface area contributed by atoms with Crippen LogP contribution in [0.15, 0.2) is 24.3 Å². The van der Waals surface area contributed by atoms with Crippen molar-refractivity contribution in [3.05, 3.63) is 35.4 Å². The first kappa shape index (κ1) is 16.8. The van der Waals surface area contributed by atoms with Crippen molar-refractivity contribution in [3.8, 4) is 0 Å². The van der Waals surface area contributed by atoms with Crippen molar-refractivity contribution in [1.82, 2.24) is 0 Å². The van der Waals surface area contributed by atoms with Gasteiger partial charge < -0.3 is 4.74 Å². The molecule has 3 nitrogen and oxygen atoms in total. The number of rotatable bonds is 2. The summed E-state index contributed by atoms with van der Waals surface area (Å²) in [6, 6.07) is 6.49. The fourth-order valence-corrected chi connectivity index (χ4v) is 0.896. The van der Waals surface area contributed by atoms with Crippen molar-refractivity contribution in [2.75, 3.05) is 7.11 Å². The quantitative estimate of drug-likeness (QED) is 0.571. The minimum Gasteiger partial charge on any atom is -0.465 e. The van der Waals surface area contributed by atoms with Crippen LogP contribution in [-0.2, 0) is 4.74 Å². The van der Waals surface area contributed by atoms with Gasteiger partial charge in [-0.15, -0.1) is 0 Å². The van der Waals surface area contributed by atoms with Crippen LogP contribution in [0.25, 0.3) is 0 Å². The highest BCUT2D eigenvalue weighted by Gasteiger charge is 2.08. The van der Waals surface area contributed by atoms with E-state index in [9.17, 15) is 9.59 Å². The van der Waals surface area contributed by atoms with Crippen LogP contribution >= 0.6 is 0 Å². The number of aldehydes is 1. The van der Waals surface area contributed by atoms with Gasteiger partial charge in [0, 0.05) is 5.56 Å². The molecule has 0 heterocycles. The van der Waals surface area contributed by atoms with Crippen LogP contribution in [0.4, 0.5) is 0 Å².